The van der Waals surface area contributed by atoms with Crippen LogP contribution in [0.2, 0.25) is 0 Å². The molecule has 0 unspecified atom stereocenters. The lowest BCUT2D eigenvalue weighted by molar-refractivity contribution is -0.162. The van der Waals surface area contributed by atoms with E-state index in [0.29, 0.717) is 11.8 Å². The Morgan fingerprint density at radius 1 is 0.700 bits per heavy atom. The van der Waals surface area contributed by atoms with Crippen molar-refractivity contribution in [2.75, 3.05) is 0 Å². The third kappa shape index (κ3) is 8.39. The molecule has 30 heavy (non-hydrogen) atoms. The summed E-state index contributed by atoms with van der Waals surface area (Å²) in [6.07, 6.45) is -0.845. The predicted octanol–water partition coefficient (Wildman–Crippen LogP) is 1.01. The maximum absolute atomic E-state index is 12.2. The number of carboxylic acid groups (broad SMARTS) is 2. The van der Waals surface area contributed by atoms with E-state index >= 15 is 0 Å². The number of carbonyl (C=O) groups excluding carboxylic acids is 5. The van der Waals surface area contributed by atoms with Gasteiger partial charge in [0, 0.05) is 29.2 Å². The Morgan fingerprint density at radius 3 is 1.47 bits per heavy atom. The molecular weight excluding hydrogens is 424 g/mol. The molecule has 11 nitrogen and oxygen atoms in total. The van der Waals surface area contributed by atoms with Crippen molar-refractivity contribution in [1.82, 2.24) is 0 Å². The average Bonchev–Trinajstić information content (AvgIpc) is 2.63. The number of ether oxygens (including phenoxy) is 2. The lowest BCUT2D eigenvalue weighted by atomic mass is 10.1. The van der Waals surface area contributed by atoms with Crippen LogP contribution in [0.25, 0.3) is 0 Å². The van der Waals surface area contributed by atoms with Gasteiger partial charge in [0.2, 0.25) is 0 Å². The van der Waals surface area contributed by atoms with E-state index in [9.17, 15) is 33.6 Å². The molecule has 0 aliphatic heterocycles. The SMILES string of the molecule is CC(=O)S[C@@H](CC(=O)OC(=O)/C(C)=C(/C)C(=O)O)C(=O)OC(=O)/C(C)=C(/C)C(=O)O. The van der Waals surface area contributed by atoms with Crippen LogP contribution in [0.3, 0.4) is 0 Å². The van der Waals surface area contributed by atoms with Crippen molar-refractivity contribution in [3.63, 3.8) is 0 Å². The molecule has 164 valence electrons. The van der Waals surface area contributed by atoms with Crippen LogP contribution in [-0.4, -0.2) is 56.4 Å². The number of rotatable bonds is 8. The highest BCUT2D eigenvalue weighted by atomic mass is 32.2. The van der Waals surface area contributed by atoms with Crippen LogP contribution in [-0.2, 0) is 43.0 Å². The molecule has 12 heteroatoms. The summed E-state index contributed by atoms with van der Waals surface area (Å²) in [7, 11) is 0. The van der Waals surface area contributed by atoms with Gasteiger partial charge in [0.05, 0.1) is 6.42 Å². The van der Waals surface area contributed by atoms with Crippen LogP contribution >= 0.6 is 11.8 Å². The molecule has 0 radical (unpaired) electrons. The lowest BCUT2D eigenvalue weighted by Crippen LogP contribution is -2.29. The van der Waals surface area contributed by atoms with Crippen LogP contribution < -0.4 is 0 Å². The molecule has 0 fully saturated rings. The highest BCUT2D eigenvalue weighted by Crippen LogP contribution is 2.20. The van der Waals surface area contributed by atoms with E-state index in [1.54, 1.807) is 0 Å². The van der Waals surface area contributed by atoms with Gasteiger partial charge in [0.15, 0.2) is 5.12 Å². The molecule has 0 aromatic heterocycles. The summed E-state index contributed by atoms with van der Waals surface area (Å²) in [5.74, 6) is -7.94. The minimum Gasteiger partial charge on any atom is -0.478 e. The molecular formula is C18H20O11S. The average molecular weight is 444 g/mol. The minimum atomic E-state index is -1.56. The van der Waals surface area contributed by atoms with Gasteiger partial charge in [-0.15, -0.1) is 0 Å². The zero-order chi connectivity index (χ0) is 23.8. The zero-order valence-corrected chi connectivity index (χ0v) is 17.6. The van der Waals surface area contributed by atoms with Crippen LogP contribution in [0, 0.1) is 0 Å². The summed E-state index contributed by atoms with van der Waals surface area (Å²) in [4.78, 5) is 80.9. The van der Waals surface area contributed by atoms with Crippen LogP contribution in [0.5, 0.6) is 0 Å². The van der Waals surface area contributed by atoms with Gasteiger partial charge in [-0.3, -0.25) is 14.4 Å². The van der Waals surface area contributed by atoms with Gasteiger partial charge in [-0.1, -0.05) is 11.8 Å². The van der Waals surface area contributed by atoms with E-state index in [2.05, 4.69) is 9.47 Å². The second kappa shape index (κ2) is 11.7. The van der Waals surface area contributed by atoms with Gasteiger partial charge >= 0.3 is 35.8 Å². The van der Waals surface area contributed by atoms with Crippen molar-refractivity contribution in [1.29, 1.82) is 0 Å². The normalized spacial score (nSPS) is 13.2. The summed E-state index contributed by atoms with van der Waals surface area (Å²) in [6, 6.07) is 0. The zero-order valence-electron chi connectivity index (χ0n) is 16.8. The first-order valence-electron chi connectivity index (χ1n) is 8.18. The number of hydrogen-bond acceptors (Lipinski definition) is 10. The fourth-order valence-electron chi connectivity index (χ4n) is 1.61. The molecule has 2 N–H and O–H groups in total. The van der Waals surface area contributed by atoms with E-state index < -0.39 is 52.6 Å². The standard InChI is InChI=1S/C18H20O11S/c1-7(14(21)22)9(3)16(25)28-13(20)6-12(30-11(5)19)18(27)29-17(26)10(4)8(2)15(23)24/h12H,6H2,1-5H3,(H,21,22)(H,23,24)/b9-7-,10-8-/t12-/m0/s1. The first-order valence-corrected chi connectivity index (χ1v) is 9.06. The number of thioether (sulfide) groups is 1. The van der Waals surface area contributed by atoms with Crippen molar-refractivity contribution in [3.05, 3.63) is 22.3 Å². The number of esters is 4. The summed E-state index contributed by atoms with van der Waals surface area (Å²) in [5, 5.41) is 15.5. The Bertz CT molecular complexity index is 863. The molecule has 0 aliphatic carbocycles. The highest BCUT2D eigenvalue weighted by molar-refractivity contribution is 8.14. The fraction of sp³-hybridized carbons (Fsp3) is 0.389. The summed E-state index contributed by atoms with van der Waals surface area (Å²) in [6.45, 7) is 5.54. The Balaban J connectivity index is 5.37. The largest absolute Gasteiger partial charge is 0.478 e. The van der Waals surface area contributed by atoms with Crippen LogP contribution in [0.4, 0.5) is 0 Å². The molecule has 0 saturated carbocycles. The Hall–Kier alpha value is -3.28. The van der Waals surface area contributed by atoms with Gasteiger partial charge in [-0.05, 0) is 27.7 Å². The number of carbonyl (C=O) groups is 7. The second-order valence-corrected chi connectivity index (χ2v) is 7.26. The van der Waals surface area contributed by atoms with Gasteiger partial charge in [0.25, 0.3) is 0 Å². The maximum Gasteiger partial charge on any atom is 0.341 e. The molecule has 0 spiro atoms. The second-order valence-electron chi connectivity index (χ2n) is 5.88. The van der Waals surface area contributed by atoms with E-state index in [0.717, 1.165) is 34.6 Å². The predicted molar refractivity (Wildman–Crippen MR) is 101 cm³/mol. The molecule has 1 atom stereocenters. The lowest BCUT2D eigenvalue weighted by Gasteiger charge is -2.13. The van der Waals surface area contributed by atoms with Crippen LogP contribution in [0.15, 0.2) is 22.3 Å². The van der Waals surface area contributed by atoms with Crippen molar-refractivity contribution in [3.8, 4) is 0 Å². The fourth-order valence-corrected chi connectivity index (χ4v) is 2.37. The van der Waals surface area contributed by atoms with Crippen molar-refractivity contribution >= 4 is 52.7 Å². The summed E-state index contributed by atoms with van der Waals surface area (Å²) < 4.78 is 8.98. The smallest absolute Gasteiger partial charge is 0.341 e. The first kappa shape index (κ1) is 26.7. The van der Waals surface area contributed by atoms with Crippen LogP contribution in [0.1, 0.15) is 41.0 Å². The Morgan fingerprint density at radius 2 is 1.10 bits per heavy atom. The molecule has 0 bridgehead atoms. The van der Waals surface area contributed by atoms with Gasteiger partial charge in [-0.2, -0.15) is 0 Å². The van der Waals surface area contributed by atoms with E-state index in [1.165, 1.54) is 0 Å². The van der Waals surface area contributed by atoms with Crippen molar-refractivity contribution < 1.29 is 53.2 Å². The minimum absolute atomic E-state index is 0.335. The van der Waals surface area contributed by atoms with E-state index in [-0.39, 0.29) is 22.3 Å². The third-order valence-corrected chi connectivity index (χ3v) is 4.68. The highest BCUT2D eigenvalue weighted by Gasteiger charge is 2.30. The quantitative estimate of drug-likeness (QED) is 0.309. The molecule has 0 aromatic rings. The molecule has 0 rings (SSSR count). The molecule has 0 saturated heterocycles. The first-order chi connectivity index (χ1) is 13.7. The van der Waals surface area contributed by atoms with Crippen molar-refractivity contribution in [2.45, 2.75) is 46.3 Å². The Kier molecular flexibility index (Phi) is 10.4. The monoisotopic (exact) mass is 444 g/mol. The van der Waals surface area contributed by atoms with Gasteiger partial charge in [-0.25, -0.2) is 19.2 Å². The number of carboxylic acids is 2. The molecule has 0 amide bonds. The van der Waals surface area contributed by atoms with E-state index in [1.807, 2.05) is 0 Å². The third-order valence-electron chi connectivity index (χ3n) is 3.70. The summed E-state index contributed by atoms with van der Waals surface area (Å²) >= 11 is 0.335. The van der Waals surface area contributed by atoms with Gasteiger partial charge in [0.1, 0.15) is 5.25 Å². The van der Waals surface area contributed by atoms with E-state index in [4.69, 9.17) is 10.2 Å². The number of hydrogen-bond donors (Lipinski definition) is 2. The topological polar surface area (TPSA) is 178 Å². The number of aliphatic carboxylic acids is 2. The molecule has 0 heterocycles. The molecule has 0 aliphatic rings. The summed E-state index contributed by atoms with van der Waals surface area (Å²) in [5.41, 5.74) is -1.45. The van der Waals surface area contributed by atoms with Gasteiger partial charge < -0.3 is 19.7 Å². The maximum atomic E-state index is 12.2. The van der Waals surface area contributed by atoms with Crippen molar-refractivity contribution in [2.24, 2.45) is 0 Å². The Labute approximate surface area is 175 Å². The molecule has 0 aromatic carbocycles.